The molecule has 1 fully saturated rings. The Hall–Kier alpha value is -1.13. The summed E-state index contributed by atoms with van der Waals surface area (Å²) in [7, 11) is -3.51. The molecule has 2 atom stereocenters. The molecule has 1 aromatic rings. The van der Waals surface area contributed by atoms with Gasteiger partial charge in [0, 0.05) is 0 Å². The molecule has 0 heterocycles. The van der Waals surface area contributed by atoms with Crippen LogP contribution >= 0.6 is 0 Å². The number of aliphatic hydroxyl groups is 1. The van der Waals surface area contributed by atoms with Gasteiger partial charge in [-0.05, 0) is 55.2 Å². The molecule has 1 aromatic carbocycles. The Morgan fingerprint density at radius 2 is 1.91 bits per heavy atom. The van der Waals surface area contributed by atoms with Crippen molar-refractivity contribution in [2.24, 2.45) is 0 Å². The Labute approximate surface area is 140 Å². The first-order valence-electron chi connectivity index (χ1n) is 8.26. The van der Waals surface area contributed by atoms with Crippen LogP contribution < -0.4 is 0 Å². The Morgan fingerprint density at radius 3 is 2.39 bits per heavy atom. The minimum atomic E-state index is -3.51. The maximum Gasteiger partial charge on any atom is 0.184 e. The molecule has 128 valence electrons. The van der Waals surface area contributed by atoms with Gasteiger partial charge < -0.3 is 5.11 Å². The molecule has 1 N–H and O–H groups in total. The number of rotatable bonds is 4. The summed E-state index contributed by atoms with van der Waals surface area (Å²) in [6, 6.07) is 7.21. The minimum Gasteiger partial charge on any atom is -0.393 e. The van der Waals surface area contributed by atoms with Crippen LogP contribution in [0.15, 0.2) is 41.8 Å². The van der Waals surface area contributed by atoms with E-state index in [4.69, 9.17) is 0 Å². The van der Waals surface area contributed by atoms with Gasteiger partial charge in [0.25, 0.3) is 0 Å². The van der Waals surface area contributed by atoms with E-state index in [-0.39, 0.29) is 5.41 Å². The van der Waals surface area contributed by atoms with Crippen LogP contribution in [-0.4, -0.2) is 24.4 Å². The molecule has 0 aromatic heterocycles. The standard InChI is InChI=1S/C19H28O3S/c1-5-12-19(13-6-7-16(20)14-19)23(21,22)17-10-8-15(9-11-17)18(2,3)4/h5,8-11,16,20H,1,6-7,12-14H2,2-4H3/t16-,19+/m0/s1. The fraction of sp³-hybridized carbons (Fsp3) is 0.579. The highest BCUT2D eigenvalue weighted by Gasteiger charge is 2.46. The fourth-order valence-electron chi connectivity index (χ4n) is 3.48. The summed E-state index contributed by atoms with van der Waals surface area (Å²) in [5.74, 6) is 0. The molecule has 0 amide bonds. The monoisotopic (exact) mass is 336 g/mol. The van der Waals surface area contributed by atoms with Crippen LogP contribution in [0.3, 0.4) is 0 Å². The molecule has 0 unspecified atom stereocenters. The lowest BCUT2D eigenvalue weighted by atomic mass is 9.84. The summed E-state index contributed by atoms with van der Waals surface area (Å²) < 4.78 is 25.6. The van der Waals surface area contributed by atoms with Gasteiger partial charge in [0.2, 0.25) is 0 Å². The second kappa shape index (κ2) is 6.40. The Balaban J connectivity index is 2.44. The van der Waals surface area contributed by atoms with Crippen LogP contribution in [0, 0.1) is 0 Å². The molecule has 0 spiro atoms. The van der Waals surface area contributed by atoms with Gasteiger partial charge in [-0.2, -0.15) is 0 Å². The first kappa shape index (κ1) is 18.2. The average Bonchev–Trinajstić information content (AvgIpc) is 2.46. The Bertz CT molecular complexity index is 653. The van der Waals surface area contributed by atoms with Gasteiger partial charge in [0.1, 0.15) is 0 Å². The number of hydrogen-bond acceptors (Lipinski definition) is 3. The second-order valence-electron chi connectivity index (χ2n) is 7.70. The van der Waals surface area contributed by atoms with E-state index in [2.05, 4.69) is 27.4 Å². The topological polar surface area (TPSA) is 54.4 Å². The van der Waals surface area contributed by atoms with Crippen molar-refractivity contribution in [1.82, 2.24) is 0 Å². The highest BCUT2D eigenvalue weighted by atomic mass is 32.2. The van der Waals surface area contributed by atoms with E-state index in [1.807, 2.05) is 12.1 Å². The molecule has 2 rings (SSSR count). The lowest BCUT2D eigenvalue weighted by molar-refractivity contribution is 0.109. The number of hydrogen-bond donors (Lipinski definition) is 1. The fourth-order valence-corrected chi connectivity index (χ4v) is 5.64. The molecule has 1 saturated carbocycles. The van der Waals surface area contributed by atoms with Crippen molar-refractivity contribution in [2.45, 2.75) is 74.0 Å². The quantitative estimate of drug-likeness (QED) is 0.845. The molecule has 23 heavy (non-hydrogen) atoms. The van der Waals surface area contributed by atoms with Gasteiger partial charge in [-0.1, -0.05) is 39.0 Å². The zero-order valence-electron chi connectivity index (χ0n) is 14.4. The van der Waals surface area contributed by atoms with E-state index in [1.165, 1.54) is 0 Å². The largest absolute Gasteiger partial charge is 0.393 e. The van der Waals surface area contributed by atoms with Gasteiger partial charge in [0.05, 0.1) is 15.7 Å². The second-order valence-corrected chi connectivity index (χ2v) is 10.0. The molecule has 1 aliphatic carbocycles. The van der Waals surface area contributed by atoms with E-state index >= 15 is 0 Å². The van der Waals surface area contributed by atoms with Crippen LogP contribution in [0.4, 0.5) is 0 Å². The summed E-state index contributed by atoms with van der Waals surface area (Å²) >= 11 is 0. The zero-order valence-corrected chi connectivity index (χ0v) is 15.2. The molecule has 3 nitrogen and oxygen atoms in total. The van der Waals surface area contributed by atoms with Gasteiger partial charge >= 0.3 is 0 Å². The lowest BCUT2D eigenvalue weighted by Gasteiger charge is -2.38. The Morgan fingerprint density at radius 1 is 1.30 bits per heavy atom. The third-order valence-corrected chi connectivity index (χ3v) is 7.46. The molecule has 0 bridgehead atoms. The number of allylic oxidation sites excluding steroid dienone is 1. The molecule has 4 heteroatoms. The van der Waals surface area contributed by atoms with E-state index < -0.39 is 20.7 Å². The van der Waals surface area contributed by atoms with Crippen LogP contribution in [0.2, 0.25) is 0 Å². The van der Waals surface area contributed by atoms with Crippen molar-refractivity contribution in [1.29, 1.82) is 0 Å². The number of aliphatic hydroxyl groups excluding tert-OH is 1. The number of benzene rings is 1. The van der Waals surface area contributed by atoms with Crippen LogP contribution in [0.1, 0.15) is 58.4 Å². The smallest absolute Gasteiger partial charge is 0.184 e. The van der Waals surface area contributed by atoms with Crippen molar-refractivity contribution >= 4 is 9.84 Å². The lowest BCUT2D eigenvalue weighted by Crippen LogP contribution is -2.44. The highest BCUT2D eigenvalue weighted by Crippen LogP contribution is 2.42. The summed E-state index contributed by atoms with van der Waals surface area (Å²) in [6.45, 7) is 10.0. The summed E-state index contributed by atoms with van der Waals surface area (Å²) in [5, 5.41) is 10.0. The van der Waals surface area contributed by atoms with E-state index in [9.17, 15) is 13.5 Å². The minimum absolute atomic E-state index is 0.0118. The third kappa shape index (κ3) is 3.53. The molecular formula is C19H28O3S. The van der Waals surface area contributed by atoms with Gasteiger partial charge in [-0.25, -0.2) is 8.42 Å². The van der Waals surface area contributed by atoms with Crippen molar-refractivity contribution in [3.05, 3.63) is 42.5 Å². The van der Waals surface area contributed by atoms with Crippen molar-refractivity contribution in [3.8, 4) is 0 Å². The maximum atomic E-state index is 13.2. The van der Waals surface area contributed by atoms with Gasteiger partial charge in [-0.3, -0.25) is 0 Å². The summed E-state index contributed by atoms with van der Waals surface area (Å²) in [4.78, 5) is 0.349. The molecule has 0 saturated heterocycles. The van der Waals surface area contributed by atoms with Crippen LogP contribution in [0.25, 0.3) is 0 Å². The Kier molecular flexibility index (Phi) is 5.07. The SMILES string of the molecule is C=CC[C@@]1(S(=O)(=O)c2ccc(C(C)(C)C)cc2)CCC[C@H](O)C1. The highest BCUT2D eigenvalue weighted by molar-refractivity contribution is 7.92. The van der Waals surface area contributed by atoms with Crippen molar-refractivity contribution in [3.63, 3.8) is 0 Å². The first-order chi connectivity index (χ1) is 10.6. The molecule has 0 radical (unpaired) electrons. The van der Waals surface area contributed by atoms with Crippen LogP contribution in [0.5, 0.6) is 0 Å². The predicted molar refractivity (Wildman–Crippen MR) is 94.3 cm³/mol. The van der Waals surface area contributed by atoms with E-state index in [0.717, 1.165) is 12.0 Å². The first-order valence-corrected chi connectivity index (χ1v) is 9.75. The number of sulfone groups is 1. The molecule has 1 aliphatic rings. The van der Waals surface area contributed by atoms with Gasteiger partial charge in [0.15, 0.2) is 9.84 Å². The zero-order chi connectivity index (χ0) is 17.3. The van der Waals surface area contributed by atoms with Crippen molar-refractivity contribution in [2.75, 3.05) is 0 Å². The van der Waals surface area contributed by atoms with Crippen LogP contribution in [-0.2, 0) is 15.3 Å². The van der Waals surface area contributed by atoms with Crippen molar-refractivity contribution < 1.29 is 13.5 Å². The normalized spacial score (nSPS) is 26.0. The van der Waals surface area contributed by atoms with E-state index in [0.29, 0.717) is 30.6 Å². The predicted octanol–water partition coefficient (Wildman–Crippen LogP) is 4.01. The summed E-state index contributed by atoms with van der Waals surface area (Å²) in [6.07, 6.45) is 3.78. The summed E-state index contributed by atoms with van der Waals surface area (Å²) in [5.41, 5.74) is 1.10. The average molecular weight is 336 g/mol. The molecular weight excluding hydrogens is 308 g/mol. The maximum absolute atomic E-state index is 13.2. The van der Waals surface area contributed by atoms with E-state index in [1.54, 1.807) is 18.2 Å². The molecule has 0 aliphatic heterocycles. The van der Waals surface area contributed by atoms with Gasteiger partial charge in [-0.15, -0.1) is 6.58 Å². The third-order valence-electron chi connectivity index (χ3n) is 4.89.